The summed E-state index contributed by atoms with van der Waals surface area (Å²) in [5.74, 6) is 1.99. The maximum absolute atomic E-state index is 5.82. The van der Waals surface area contributed by atoms with Crippen LogP contribution in [-0.4, -0.2) is 19.2 Å². The highest BCUT2D eigenvalue weighted by Gasteiger charge is 2.15. The quantitative estimate of drug-likeness (QED) is 0.577. The van der Waals surface area contributed by atoms with E-state index < -0.39 is 0 Å². The van der Waals surface area contributed by atoms with E-state index in [0.29, 0.717) is 22.7 Å². The van der Waals surface area contributed by atoms with Crippen molar-refractivity contribution in [1.29, 1.82) is 0 Å². The molecule has 0 saturated heterocycles. The van der Waals surface area contributed by atoms with Gasteiger partial charge in [-0.1, -0.05) is 42.5 Å². The molecular formula is C20H18BrNO3. The molecule has 2 aromatic carbocycles. The normalized spacial score (nSPS) is 10.4. The first-order chi connectivity index (χ1) is 12.2. The van der Waals surface area contributed by atoms with E-state index in [1.54, 1.807) is 20.4 Å². The lowest BCUT2D eigenvalue weighted by molar-refractivity contribution is 0.306. The van der Waals surface area contributed by atoms with E-state index in [2.05, 4.69) is 20.9 Å². The second kappa shape index (κ2) is 8.03. The minimum Gasteiger partial charge on any atom is -0.495 e. The molecule has 128 valence electrons. The Labute approximate surface area is 155 Å². The van der Waals surface area contributed by atoms with Crippen LogP contribution in [0.4, 0.5) is 0 Å². The molecule has 4 nitrogen and oxygen atoms in total. The Morgan fingerprint density at radius 1 is 0.920 bits per heavy atom. The number of hydrogen-bond donors (Lipinski definition) is 0. The van der Waals surface area contributed by atoms with Crippen LogP contribution in [0.2, 0.25) is 0 Å². The molecule has 0 amide bonds. The summed E-state index contributed by atoms with van der Waals surface area (Å²) in [5, 5.41) is 0. The van der Waals surface area contributed by atoms with E-state index in [4.69, 9.17) is 14.2 Å². The number of methoxy groups -OCH3 is 2. The molecule has 1 aromatic heterocycles. The maximum atomic E-state index is 5.82. The van der Waals surface area contributed by atoms with Crippen LogP contribution in [0.15, 0.2) is 65.3 Å². The van der Waals surface area contributed by atoms with Gasteiger partial charge in [0.15, 0.2) is 0 Å². The third-order valence-electron chi connectivity index (χ3n) is 3.75. The molecule has 25 heavy (non-hydrogen) atoms. The SMILES string of the molecule is COc1ncc(-c2ccc(OCc3ccccc3)cc2)c(OC)c1Br. The lowest BCUT2D eigenvalue weighted by Gasteiger charge is -2.13. The Morgan fingerprint density at radius 2 is 1.64 bits per heavy atom. The van der Waals surface area contributed by atoms with Gasteiger partial charge in [-0.15, -0.1) is 0 Å². The summed E-state index contributed by atoms with van der Waals surface area (Å²) >= 11 is 3.48. The van der Waals surface area contributed by atoms with Crippen LogP contribution in [-0.2, 0) is 6.61 Å². The molecule has 0 unspecified atom stereocenters. The third kappa shape index (κ3) is 3.94. The lowest BCUT2D eigenvalue weighted by atomic mass is 10.1. The molecule has 0 aliphatic rings. The van der Waals surface area contributed by atoms with Crippen molar-refractivity contribution in [3.63, 3.8) is 0 Å². The summed E-state index contributed by atoms with van der Waals surface area (Å²) in [7, 11) is 3.20. The average Bonchev–Trinajstić information content (AvgIpc) is 2.67. The summed E-state index contributed by atoms with van der Waals surface area (Å²) in [6.45, 7) is 0.541. The summed E-state index contributed by atoms with van der Waals surface area (Å²) in [6, 6.07) is 17.9. The van der Waals surface area contributed by atoms with E-state index in [9.17, 15) is 0 Å². The van der Waals surface area contributed by atoms with Crippen LogP contribution in [0.1, 0.15) is 5.56 Å². The second-order valence-corrected chi connectivity index (χ2v) is 6.12. The van der Waals surface area contributed by atoms with Gasteiger partial charge in [-0.2, -0.15) is 0 Å². The van der Waals surface area contributed by atoms with Crippen LogP contribution >= 0.6 is 15.9 Å². The van der Waals surface area contributed by atoms with Crippen molar-refractivity contribution < 1.29 is 14.2 Å². The zero-order valence-electron chi connectivity index (χ0n) is 14.0. The van der Waals surface area contributed by atoms with E-state index in [-0.39, 0.29) is 0 Å². The number of nitrogens with zero attached hydrogens (tertiary/aromatic N) is 1. The fraction of sp³-hybridized carbons (Fsp3) is 0.150. The molecule has 3 aromatic rings. The molecule has 0 saturated carbocycles. The Bertz CT molecular complexity index is 836. The van der Waals surface area contributed by atoms with E-state index in [1.165, 1.54) is 0 Å². The minimum atomic E-state index is 0.489. The smallest absolute Gasteiger partial charge is 0.231 e. The first-order valence-corrected chi connectivity index (χ1v) is 8.56. The van der Waals surface area contributed by atoms with Gasteiger partial charge < -0.3 is 14.2 Å². The highest BCUT2D eigenvalue weighted by molar-refractivity contribution is 9.10. The molecule has 0 bridgehead atoms. The predicted molar refractivity (Wildman–Crippen MR) is 101 cm³/mol. The van der Waals surface area contributed by atoms with Crippen molar-refractivity contribution in [3.8, 4) is 28.5 Å². The van der Waals surface area contributed by atoms with Crippen LogP contribution in [0.5, 0.6) is 17.4 Å². The largest absolute Gasteiger partial charge is 0.495 e. The molecule has 0 aliphatic heterocycles. The van der Waals surface area contributed by atoms with Crippen molar-refractivity contribution in [2.24, 2.45) is 0 Å². The van der Waals surface area contributed by atoms with Crippen LogP contribution in [0.3, 0.4) is 0 Å². The summed E-state index contributed by atoms with van der Waals surface area (Å²) < 4.78 is 17.2. The standard InChI is InChI=1S/C20H18BrNO3/c1-23-19-17(12-22-20(24-2)18(19)21)15-8-10-16(11-9-15)25-13-14-6-4-3-5-7-14/h3-12H,13H2,1-2H3. The zero-order valence-corrected chi connectivity index (χ0v) is 15.6. The highest BCUT2D eigenvalue weighted by Crippen LogP contribution is 2.40. The van der Waals surface area contributed by atoms with Crippen LogP contribution < -0.4 is 14.2 Å². The van der Waals surface area contributed by atoms with Gasteiger partial charge in [0, 0.05) is 11.8 Å². The second-order valence-electron chi connectivity index (χ2n) is 5.33. The van der Waals surface area contributed by atoms with Crippen molar-refractivity contribution in [3.05, 3.63) is 70.8 Å². The minimum absolute atomic E-state index is 0.489. The number of ether oxygens (including phenoxy) is 3. The predicted octanol–water partition coefficient (Wildman–Crippen LogP) is 5.11. The Balaban J connectivity index is 1.79. The number of rotatable bonds is 6. The fourth-order valence-corrected chi connectivity index (χ4v) is 3.11. The van der Waals surface area contributed by atoms with Gasteiger partial charge in [0.05, 0.1) is 14.2 Å². The lowest BCUT2D eigenvalue weighted by Crippen LogP contribution is -1.96. The maximum Gasteiger partial charge on any atom is 0.231 e. The van der Waals surface area contributed by atoms with Crippen molar-refractivity contribution in [2.45, 2.75) is 6.61 Å². The average molecular weight is 400 g/mol. The topological polar surface area (TPSA) is 40.6 Å². The first kappa shape index (κ1) is 17.3. The van der Waals surface area contributed by atoms with Gasteiger partial charge in [-0.3, -0.25) is 0 Å². The van der Waals surface area contributed by atoms with E-state index in [1.807, 2.05) is 54.6 Å². The number of aromatic nitrogens is 1. The fourth-order valence-electron chi connectivity index (χ4n) is 2.47. The van der Waals surface area contributed by atoms with Crippen molar-refractivity contribution in [2.75, 3.05) is 14.2 Å². The number of pyridine rings is 1. The molecule has 0 N–H and O–H groups in total. The summed E-state index contributed by atoms with van der Waals surface area (Å²) in [5.41, 5.74) is 3.00. The zero-order chi connectivity index (χ0) is 17.6. The van der Waals surface area contributed by atoms with Crippen LogP contribution in [0.25, 0.3) is 11.1 Å². The summed E-state index contributed by atoms with van der Waals surface area (Å²) in [6.07, 6.45) is 1.74. The first-order valence-electron chi connectivity index (χ1n) is 7.76. The molecule has 5 heteroatoms. The number of benzene rings is 2. The number of hydrogen-bond acceptors (Lipinski definition) is 4. The van der Waals surface area contributed by atoms with Crippen LogP contribution in [0, 0.1) is 0 Å². The van der Waals surface area contributed by atoms with E-state index >= 15 is 0 Å². The van der Waals surface area contributed by atoms with Gasteiger partial charge in [-0.05, 0) is 39.2 Å². The molecule has 0 atom stereocenters. The van der Waals surface area contributed by atoms with Crippen molar-refractivity contribution in [1.82, 2.24) is 4.98 Å². The Kier molecular flexibility index (Phi) is 5.56. The van der Waals surface area contributed by atoms with Gasteiger partial charge in [0.2, 0.25) is 5.88 Å². The third-order valence-corrected chi connectivity index (χ3v) is 4.45. The van der Waals surface area contributed by atoms with Gasteiger partial charge >= 0.3 is 0 Å². The summed E-state index contributed by atoms with van der Waals surface area (Å²) in [4.78, 5) is 4.30. The molecule has 0 radical (unpaired) electrons. The van der Waals surface area contributed by atoms with E-state index in [0.717, 1.165) is 22.4 Å². The highest BCUT2D eigenvalue weighted by atomic mass is 79.9. The molecular weight excluding hydrogens is 382 g/mol. The Hall–Kier alpha value is -2.53. The number of halogens is 1. The van der Waals surface area contributed by atoms with Gasteiger partial charge in [-0.25, -0.2) is 4.98 Å². The monoisotopic (exact) mass is 399 g/mol. The molecule has 0 aliphatic carbocycles. The van der Waals surface area contributed by atoms with Crippen molar-refractivity contribution >= 4 is 15.9 Å². The Morgan fingerprint density at radius 3 is 2.28 bits per heavy atom. The molecule has 3 rings (SSSR count). The molecule has 1 heterocycles. The van der Waals surface area contributed by atoms with Gasteiger partial charge in [0.25, 0.3) is 0 Å². The molecule has 0 fully saturated rings. The van der Waals surface area contributed by atoms with Gasteiger partial charge in [0.1, 0.15) is 22.6 Å². The molecule has 0 spiro atoms.